The van der Waals surface area contributed by atoms with Crippen LogP contribution in [0, 0.1) is 16.2 Å². The van der Waals surface area contributed by atoms with Crippen molar-refractivity contribution < 1.29 is 39.9 Å². The summed E-state index contributed by atoms with van der Waals surface area (Å²) in [6.07, 6.45) is -5.61. The lowest BCUT2D eigenvalue weighted by atomic mass is 9.92. The molecular formula is C27H43N3O9. The minimum Gasteiger partial charge on any atom is -0.463 e. The van der Waals surface area contributed by atoms with E-state index < -0.39 is 65.6 Å². The number of rotatable bonds is 9. The van der Waals surface area contributed by atoms with Gasteiger partial charge in [0.15, 0.2) is 24.2 Å². The number of hydrogen-bond donors (Lipinski definition) is 2. The van der Waals surface area contributed by atoms with E-state index in [1.165, 1.54) is 6.07 Å². The summed E-state index contributed by atoms with van der Waals surface area (Å²) < 4.78 is 32.7. The number of carbonyl (C=O) groups is 3. The highest BCUT2D eigenvalue weighted by molar-refractivity contribution is 5.72. The molecule has 2 heterocycles. The van der Waals surface area contributed by atoms with Crippen molar-refractivity contribution in [3.05, 3.63) is 22.7 Å². The van der Waals surface area contributed by atoms with Crippen molar-refractivity contribution in [3.63, 3.8) is 0 Å². The summed E-state index contributed by atoms with van der Waals surface area (Å²) in [7, 11) is 0. The van der Waals surface area contributed by atoms with Crippen molar-refractivity contribution >= 4 is 23.7 Å². The molecule has 1 aromatic rings. The third-order valence-corrected chi connectivity index (χ3v) is 5.29. The minimum atomic E-state index is -2.46. The number of nitrogens with one attached hydrogen (secondary N) is 1. The van der Waals surface area contributed by atoms with Crippen molar-refractivity contribution in [1.29, 1.82) is 0 Å². The van der Waals surface area contributed by atoms with Crippen LogP contribution in [-0.4, -0.2) is 57.6 Å². The summed E-state index contributed by atoms with van der Waals surface area (Å²) in [5, 5.41) is 9.13. The third-order valence-electron chi connectivity index (χ3n) is 5.29. The molecule has 220 valence electrons. The Morgan fingerprint density at radius 2 is 1.44 bits per heavy atom. The number of ether oxygens (including phenoxy) is 4. The van der Waals surface area contributed by atoms with Crippen LogP contribution in [0.5, 0.6) is 0 Å². The van der Waals surface area contributed by atoms with Crippen LogP contribution >= 0.6 is 0 Å². The lowest BCUT2D eigenvalue weighted by Gasteiger charge is -2.27. The van der Waals surface area contributed by atoms with Crippen LogP contribution in [0.4, 0.5) is 5.82 Å². The maximum absolute atomic E-state index is 13.0. The lowest BCUT2D eigenvalue weighted by molar-refractivity contribution is -0.171. The van der Waals surface area contributed by atoms with Crippen molar-refractivity contribution in [2.45, 2.75) is 106 Å². The molecule has 2 N–H and O–H groups in total. The van der Waals surface area contributed by atoms with Gasteiger partial charge in [0.05, 0.1) is 20.6 Å². The Bertz CT molecular complexity index is 1130. The summed E-state index contributed by atoms with van der Waals surface area (Å²) in [5.41, 5.74) is -0.562. The summed E-state index contributed by atoms with van der Waals surface area (Å²) in [4.78, 5) is 54.9. The van der Waals surface area contributed by atoms with E-state index in [-0.39, 0.29) is 30.5 Å². The Hall–Kier alpha value is -2.99. The van der Waals surface area contributed by atoms with Gasteiger partial charge in [-0.05, 0) is 22.3 Å². The van der Waals surface area contributed by atoms with Gasteiger partial charge in [-0.1, -0.05) is 62.3 Å². The smallest absolute Gasteiger partial charge is 0.351 e. The summed E-state index contributed by atoms with van der Waals surface area (Å²) in [5.74, 6) is -2.10. The first-order valence-electron chi connectivity index (χ1n) is 13.4. The Morgan fingerprint density at radius 1 is 0.949 bits per heavy atom. The molecule has 0 bridgehead atoms. The number of anilines is 1. The number of esters is 3. The zero-order chi connectivity index (χ0) is 30.7. The molecule has 2 rings (SSSR count). The second kappa shape index (κ2) is 12.5. The standard InChI is InChI=1S/C27H43N3O9/c1-25(2,3)12-18(31)36-15-16-21(38-19(32)13-26(4,5)6)22(39-20(33)14-27(7,8)9)23(37-16)30-11-10-17(29-35)28-24(30)34/h10-11,16,21-23,35H,12-15H2,1-9H3,(H,28,29,34)/t16-,21-,22-,23-/m1/s1/i23D. The molecule has 0 amide bonds. The second-order valence-corrected chi connectivity index (χ2v) is 13.3. The average Bonchev–Trinajstić information content (AvgIpc) is 2.99. The molecule has 1 aromatic heterocycles. The first-order chi connectivity index (χ1) is 18.1. The zero-order valence-corrected chi connectivity index (χ0v) is 24.3. The summed E-state index contributed by atoms with van der Waals surface area (Å²) >= 11 is 0. The highest BCUT2D eigenvalue weighted by Crippen LogP contribution is 2.35. The van der Waals surface area contributed by atoms with Crippen molar-refractivity contribution in [2.75, 3.05) is 12.1 Å². The molecule has 0 radical (unpaired) electrons. The van der Waals surface area contributed by atoms with Crippen LogP contribution in [-0.2, 0) is 33.3 Å². The van der Waals surface area contributed by atoms with E-state index in [1.54, 1.807) is 5.48 Å². The number of hydrogen-bond acceptors (Lipinski definition) is 11. The van der Waals surface area contributed by atoms with Gasteiger partial charge in [-0.3, -0.25) is 29.6 Å². The van der Waals surface area contributed by atoms with E-state index in [9.17, 15) is 20.5 Å². The van der Waals surface area contributed by atoms with Gasteiger partial charge in [0.2, 0.25) is 0 Å². The minimum absolute atomic E-state index is 0.00788. The molecule has 1 saturated heterocycles. The number of aromatic nitrogens is 2. The molecule has 1 fully saturated rings. The molecule has 1 aliphatic rings. The van der Waals surface area contributed by atoms with Crippen molar-refractivity contribution in [3.8, 4) is 0 Å². The number of carbonyl (C=O) groups excluding carboxylic acids is 3. The predicted octanol–water partition coefficient (Wildman–Crippen LogP) is 3.62. The first kappa shape index (κ1) is 30.6. The highest BCUT2D eigenvalue weighted by atomic mass is 16.7. The van der Waals surface area contributed by atoms with Gasteiger partial charge < -0.3 is 18.9 Å². The van der Waals surface area contributed by atoms with Crippen LogP contribution in [0.1, 0.15) is 89.2 Å². The third kappa shape index (κ3) is 10.6. The second-order valence-electron chi connectivity index (χ2n) is 13.3. The first-order valence-corrected chi connectivity index (χ1v) is 12.9. The maximum atomic E-state index is 13.0. The molecule has 0 aromatic carbocycles. The summed E-state index contributed by atoms with van der Waals surface area (Å²) in [6.45, 7) is 16.1. The molecule has 0 aliphatic carbocycles. The van der Waals surface area contributed by atoms with Gasteiger partial charge in [0.1, 0.15) is 12.7 Å². The zero-order valence-electron chi connectivity index (χ0n) is 25.3. The quantitative estimate of drug-likeness (QED) is 0.261. The number of nitrogens with zero attached hydrogens (tertiary/aromatic N) is 2. The predicted molar refractivity (Wildman–Crippen MR) is 141 cm³/mol. The highest BCUT2D eigenvalue weighted by Gasteiger charge is 2.51. The van der Waals surface area contributed by atoms with Crippen molar-refractivity contribution in [1.82, 2.24) is 9.55 Å². The van der Waals surface area contributed by atoms with Gasteiger partial charge in [-0.25, -0.2) is 4.79 Å². The van der Waals surface area contributed by atoms with E-state index in [2.05, 4.69) is 4.98 Å². The molecule has 39 heavy (non-hydrogen) atoms. The Balaban J connectivity index is 2.55. The summed E-state index contributed by atoms with van der Waals surface area (Å²) in [6, 6.07) is 1.20. The van der Waals surface area contributed by atoms with E-state index >= 15 is 0 Å². The maximum Gasteiger partial charge on any atom is 0.351 e. The fourth-order valence-corrected chi connectivity index (χ4v) is 3.74. The van der Waals surface area contributed by atoms with E-state index in [0.29, 0.717) is 0 Å². The fraction of sp³-hybridized carbons (Fsp3) is 0.741. The normalized spacial score (nSPS) is 24.1. The van der Waals surface area contributed by atoms with Gasteiger partial charge in [0, 0.05) is 6.20 Å². The largest absolute Gasteiger partial charge is 0.463 e. The van der Waals surface area contributed by atoms with Gasteiger partial charge >= 0.3 is 23.6 Å². The SMILES string of the molecule is [2H][C@@]1(n2ccc(NO)nc2=O)O[C@H](COC(=O)CC(C)(C)C)[C@@H](OC(=O)CC(C)(C)C)[C@H]1OC(=O)CC(C)(C)C. The van der Waals surface area contributed by atoms with Crippen molar-refractivity contribution in [2.24, 2.45) is 16.2 Å². The lowest BCUT2D eigenvalue weighted by Crippen LogP contribution is -2.43. The molecule has 4 atom stereocenters. The van der Waals surface area contributed by atoms with E-state index in [0.717, 1.165) is 10.8 Å². The van der Waals surface area contributed by atoms with Crippen LogP contribution in [0.25, 0.3) is 0 Å². The van der Waals surface area contributed by atoms with E-state index in [1.807, 2.05) is 62.3 Å². The van der Waals surface area contributed by atoms with Crippen LogP contribution in [0.3, 0.4) is 0 Å². The Kier molecular flexibility index (Phi) is 9.76. The topological polar surface area (TPSA) is 155 Å². The van der Waals surface area contributed by atoms with Crippen LogP contribution in [0.15, 0.2) is 17.1 Å². The van der Waals surface area contributed by atoms with Gasteiger partial charge in [0.25, 0.3) is 0 Å². The molecule has 12 heteroatoms. The van der Waals surface area contributed by atoms with Gasteiger partial charge in [-0.2, -0.15) is 4.98 Å². The average molecular weight is 555 g/mol. The van der Waals surface area contributed by atoms with E-state index in [4.69, 9.17) is 24.2 Å². The molecular weight excluding hydrogens is 510 g/mol. The van der Waals surface area contributed by atoms with Gasteiger partial charge in [-0.15, -0.1) is 0 Å². The molecule has 0 spiro atoms. The molecule has 12 nitrogen and oxygen atoms in total. The molecule has 0 saturated carbocycles. The fourth-order valence-electron chi connectivity index (χ4n) is 3.74. The Morgan fingerprint density at radius 3 is 1.90 bits per heavy atom. The molecule has 1 aliphatic heterocycles. The Labute approximate surface area is 230 Å². The van der Waals surface area contributed by atoms with Crippen LogP contribution < -0.4 is 11.2 Å². The van der Waals surface area contributed by atoms with Crippen LogP contribution in [0.2, 0.25) is 0 Å². The molecule has 0 unspecified atom stereocenters. The monoisotopic (exact) mass is 554 g/mol.